The first-order valence-electron chi connectivity index (χ1n) is 4.21. The Hall–Kier alpha value is -1.60. The van der Waals surface area contributed by atoms with Crippen molar-refractivity contribution in [2.75, 3.05) is 0 Å². The summed E-state index contributed by atoms with van der Waals surface area (Å²) in [4.78, 5) is 18.2. The summed E-state index contributed by atoms with van der Waals surface area (Å²) < 4.78 is 24.0. The van der Waals surface area contributed by atoms with E-state index in [2.05, 4.69) is 9.97 Å². The highest BCUT2D eigenvalue weighted by Crippen LogP contribution is 2.22. The number of aromatic nitrogens is 2. The van der Waals surface area contributed by atoms with Gasteiger partial charge in [-0.2, -0.15) is 0 Å². The summed E-state index contributed by atoms with van der Waals surface area (Å²) in [7, 11) is -3.78. The molecule has 5 nitrogen and oxygen atoms in total. The molecule has 0 spiro atoms. The van der Waals surface area contributed by atoms with Crippen LogP contribution < -0.4 is 0 Å². The zero-order valence-electron chi connectivity index (χ0n) is 7.90. The number of pyridine rings is 1. The second-order valence-corrected chi connectivity index (χ2v) is 5.51. The van der Waals surface area contributed by atoms with Crippen molar-refractivity contribution in [2.45, 2.75) is 10.1 Å². The van der Waals surface area contributed by atoms with Gasteiger partial charge in [0.1, 0.15) is 4.88 Å². The molecule has 2 rings (SSSR count). The van der Waals surface area contributed by atoms with Crippen molar-refractivity contribution < 1.29 is 13.2 Å². The van der Waals surface area contributed by atoms with E-state index in [4.69, 9.17) is 0 Å². The smallest absolute Gasteiger partial charge is 0.242 e. The Morgan fingerprint density at radius 1 is 1.25 bits per heavy atom. The van der Waals surface area contributed by atoms with Crippen LogP contribution in [-0.4, -0.2) is 24.7 Å². The van der Waals surface area contributed by atoms with Crippen LogP contribution in [0.5, 0.6) is 0 Å². The van der Waals surface area contributed by atoms with Crippen LogP contribution in [0.15, 0.2) is 40.0 Å². The van der Waals surface area contributed by atoms with Gasteiger partial charge >= 0.3 is 0 Å². The average molecular weight is 254 g/mol. The number of hydrogen-bond acceptors (Lipinski definition) is 6. The normalized spacial score (nSPS) is 11.2. The minimum absolute atomic E-state index is 0.0886. The number of hydrogen-bond donors (Lipinski definition) is 0. The third kappa shape index (κ3) is 1.74. The van der Waals surface area contributed by atoms with Gasteiger partial charge in [0.25, 0.3) is 0 Å². The fraction of sp³-hybridized carbons (Fsp3) is 0. The number of nitrogens with zero attached hydrogens (tertiary/aromatic N) is 2. The van der Waals surface area contributed by atoms with Crippen LogP contribution in [0.3, 0.4) is 0 Å². The molecule has 7 heteroatoms. The van der Waals surface area contributed by atoms with Crippen molar-refractivity contribution in [3.63, 3.8) is 0 Å². The molecule has 0 aliphatic rings. The van der Waals surface area contributed by atoms with Crippen molar-refractivity contribution in [2.24, 2.45) is 0 Å². The lowest BCUT2D eigenvalue weighted by molar-refractivity contribution is 0.112. The van der Waals surface area contributed by atoms with Crippen LogP contribution in [0.4, 0.5) is 0 Å². The van der Waals surface area contributed by atoms with Gasteiger partial charge in [-0.05, 0) is 12.1 Å². The lowest BCUT2D eigenvalue weighted by atomic mass is 10.5. The first kappa shape index (κ1) is 10.9. The SMILES string of the molecule is O=Cc1scnc1S(=O)(=O)c1ccccn1. The van der Waals surface area contributed by atoms with E-state index >= 15 is 0 Å². The molecule has 2 aromatic heterocycles. The molecule has 0 bridgehead atoms. The molecule has 2 heterocycles. The minimum Gasteiger partial charge on any atom is -0.297 e. The number of carbonyl (C=O) groups excluding carboxylic acids is 1. The summed E-state index contributed by atoms with van der Waals surface area (Å²) >= 11 is 0.985. The predicted octanol–water partition coefficient (Wildman–Crippen LogP) is 1.18. The fourth-order valence-electron chi connectivity index (χ4n) is 1.13. The summed E-state index contributed by atoms with van der Waals surface area (Å²) in [6, 6.07) is 4.54. The summed E-state index contributed by atoms with van der Waals surface area (Å²) in [6.07, 6.45) is 1.85. The van der Waals surface area contributed by atoms with Gasteiger partial charge in [-0.3, -0.25) is 4.79 Å². The molecular weight excluding hydrogens is 248 g/mol. The highest BCUT2D eigenvalue weighted by molar-refractivity contribution is 7.91. The monoisotopic (exact) mass is 254 g/mol. The number of thiazole rings is 1. The van der Waals surface area contributed by atoms with E-state index < -0.39 is 9.84 Å². The van der Waals surface area contributed by atoms with Crippen LogP contribution in [0.2, 0.25) is 0 Å². The van der Waals surface area contributed by atoms with E-state index in [0.29, 0.717) is 6.29 Å². The average Bonchev–Trinajstić information content (AvgIpc) is 2.79. The van der Waals surface area contributed by atoms with Crippen LogP contribution in [0.1, 0.15) is 9.67 Å². The van der Waals surface area contributed by atoms with E-state index in [9.17, 15) is 13.2 Å². The van der Waals surface area contributed by atoms with Crippen LogP contribution >= 0.6 is 11.3 Å². The largest absolute Gasteiger partial charge is 0.297 e. The summed E-state index contributed by atoms with van der Waals surface area (Å²) in [5.41, 5.74) is 1.32. The van der Waals surface area contributed by atoms with Gasteiger partial charge in [0.15, 0.2) is 16.3 Å². The minimum atomic E-state index is -3.78. The molecule has 0 unspecified atom stereocenters. The number of rotatable bonds is 3. The standard InChI is InChI=1S/C9H6N2O3S2/c12-5-7-9(11-6-15-7)16(13,14)8-3-1-2-4-10-8/h1-6H. The van der Waals surface area contributed by atoms with Crippen LogP contribution in [-0.2, 0) is 9.84 Å². The summed E-state index contributed by atoms with van der Waals surface area (Å²) in [5.74, 6) is 0. The van der Waals surface area contributed by atoms with E-state index in [-0.39, 0.29) is 14.9 Å². The molecule has 0 aliphatic carbocycles. The van der Waals surface area contributed by atoms with Crippen molar-refractivity contribution in [3.8, 4) is 0 Å². The Bertz CT molecular complexity index is 605. The van der Waals surface area contributed by atoms with Crippen molar-refractivity contribution in [3.05, 3.63) is 34.8 Å². The molecule has 0 atom stereocenters. The Morgan fingerprint density at radius 2 is 2.06 bits per heavy atom. The molecule has 16 heavy (non-hydrogen) atoms. The zero-order valence-corrected chi connectivity index (χ0v) is 9.53. The second kappa shape index (κ2) is 4.11. The molecular formula is C9H6N2O3S2. The van der Waals surface area contributed by atoms with Gasteiger partial charge in [0.2, 0.25) is 9.84 Å². The highest BCUT2D eigenvalue weighted by atomic mass is 32.2. The molecule has 0 aromatic carbocycles. The Kier molecular flexibility index (Phi) is 2.80. The number of aldehydes is 1. The molecule has 0 radical (unpaired) electrons. The fourth-order valence-corrected chi connectivity index (χ4v) is 3.31. The highest BCUT2D eigenvalue weighted by Gasteiger charge is 2.24. The maximum atomic E-state index is 12.0. The molecule has 0 saturated heterocycles. The quantitative estimate of drug-likeness (QED) is 0.769. The Balaban J connectivity index is 2.61. The summed E-state index contributed by atoms with van der Waals surface area (Å²) in [6.45, 7) is 0. The molecule has 2 aromatic rings. The first-order valence-corrected chi connectivity index (χ1v) is 6.57. The van der Waals surface area contributed by atoms with E-state index in [1.54, 1.807) is 12.1 Å². The third-order valence-corrected chi connectivity index (χ3v) is 4.35. The number of carbonyl (C=O) groups is 1. The summed E-state index contributed by atoms with van der Waals surface area (Å²) in [5, 5.41) is -0.338. The van der Waals surface area contributed by atoms with E-state index in [0.717, 1.165) is 11.3 Å². The molecule has 0 fully saturated rings. The first-order chi connectivity index (χ1) is 7.66. The van der Waals surface area contributed by atoms with Crippen LogP contribution in [0.25, 0.3) is 0 Å². The van der Waals surface area contributed by atoms with Crippen molar-refractivity contribution >= 4 is 27.5 Å². The van der Waals surface area contributed by atoms with Gasteiger partial charge in [-0.25, -0.2) is 18.4 Å². The van der Waals surface area contributed by atoms with E-state index in [1.165, 1.54) is 17.8 Å². The lowest BCUT2D eigenvalue weighted by Crippen LogP contribution is -2.06. The molecule has 0 amide bonds. The Morgan fingerprint density at radius 3 is 2.69 bits per heavy atom. The lowest BCUT2D eigenvalue weighted by Gasteiger charge is -1.99. The topological polar surface area (TPSA) is 77.0 Å². The third-order valence-electron chi connectivity index (χ3n) is 1.84. The van der Waals surface area contributed by atoms with Gasteiger partial charge in [-0.1, -0.05) is 6.07 Å². The van der Waals surface area contributed by atoms with Crippen molar-refractivity contribution in [1.82, 2.24) is 9.97 Å². The van der Waals surface area contributed by atoms with Gasteiger partial charge < -0.3 is 0 Å². The Labute approximate surface area is 95.7 Å². The molecule has 0 saturated carbocycles. The van der Waals surface area contributed by atoms with Gasteiger partial charge in [-0.15, -0.1) is 11.3 Å². The van der Waals surface area contributed by atoms with Gasteiger partial charge in [0.05, 0.1) is 5.51 Å². The van der Waals surface area contributed by atoms with Crippen molar-refractivity contribution in [1.29, 1.82) is 0 Å². The molecule has 0 aliphatic heterocycles. The number of sulfone groups is 1. The second-order valence-electron chi connectivity index (χ2n) is 2.81. The molecule has 0 N–H and O–H groups in total. The predicted molar refractivity (Wildman–Crippen MR) is 57.2 cm³/mol. The van der Waals surface area contributed by atoms with E-state index in [1.807, 2.05) is 0 Å². The maximum absolute atomic E-state index is 12.0. The maximum Gasteiger partial charge on any atom is 0.242 e. The zero-order chi connectivity index (χ0) is 11.6. The van der Waals surface area contributed by atoms with Crippen LogP contribution in [0, 0.1) is 0 Å². The molecule has 82 valence electrons. The van der Waals surface area contributed by atoms with Gasteiger partial charge in [0, 0.05) is 6.20 Å².